The van der Waals surface area contributed by atoms with Crippen LogP contribution in [-0.2, 0) is 21.2 Å². The van der Waals surface area contributed by atoms with E-state index in [4.69, 9.17) is 0 Å². The van der Waals surface area contributed by atoms with Crippen molar-refractivity contribution in [2.45, 2.75) is 31.7 Å². The number of carbonyl (C=O) groups is 2. The van der Waals surface area contributed by atoms with Crippen molar-refractivity contribution in [1.82, 2.24) is 14.9 Å². The van der Waals surface area contributed by atoms with Gasteiger partial charge in [-0.3, -0.25) is 14.3 Å². The molecule has 4 aromatic rings. The number of anilines is 1. The summed E-state index contributed by atoms with van der Waals surface area (Å²) in [6, 6.07) is 24.7. The summed E-state index contributed by atoms with van der Waals surface area (Å²) in [6.07, 6.45) is 4.93. The molecule has 8 nitrogen and oxygen atoms in total. The monoisotopic (exact) mass is 542 g/mol. The number of hydrogen-bond donors (Lipinski definition) is 2. The number of aromatic nitrogens is 2. The van der Waals surface area contributed by atoms with Crippen molar-refractivity contribution >= 4 is 27.4 Å². The number of sulfonamides is 1. The zero-order valence-corrected chi connectivity index (χ0v) is 22.4. The van der Waals surface area contributed by atoms with E-state index in [1.807, 2.05) is 30.3 Å². The van der Waals surface area contributed by atoms with Crippen LogP contribution in [0.25, 0.3) is 22.4 Å². The van der Waals surface area contributed by atoms with Crippen molar-refractivity contribution < 1.29 is 18.0 Å². The highest BCUT2D eigenvalue weighted by atomic mass is 32.2. The minimum absolute atomic E-state index is 0.0377. The highest BCUT2D eigenvalue weighted by Crippen LogP contribution is 2.26. The second-order valence-corrected chi connectivity index (χ2v) is 11.5. The average Bonchev–Trinajstić information content (AvgIpc) is 3.62. The van der Waals surface area contributed by atoms with Crippen LogP contribution < -0.4 is 4.72 Å². The Balaban J connectivity index is 1.22. The van der Waals surface area contributed by atoms with E-state index in [-0.39, 0.29) is 17.5 Å². The number of rotatable bonds is 9. The minimum Gasteiger partial charge on any atom is -0.335 e. The number of Topliss-reactive ketones (excluding diaryl/α,β-unsaturated/α-hetero) is 1. The first-order valence-electron chi connectivity index (χ1n) is 12.9. The van der Waals surface area contributed by atoms with Gasteiger partial charge in [0.2, 0.25) is 21.7 Å². The lowest BCUT2D eigenvalue weighted by Gasteiger charge is -2.23. The standard InChI is InChI=1S/C30H30N4O4S/c1-39(37,38)33-25-10-5-9-24(19-25)26-20-31-30(32-26)29(36)27-11-6-18-34(27)28(35)17-14-21-12-15-23(16-13-21)22-7-3-2-4-8-22/h2-5,7-10,12-13,15-16,19-20,27,33H,6,11,14,17-18H2,1H3,(H,31,32)/t27-/m0/s1. The van der Waals surface area contributed by atoms with E-state index in [0.29, 0.717) is 42.8 Å². The molecule has 1 saturated heterocycles. The predicted octanol–water partition coefficient (Wildman–Crippen LogP) is 4.92. The van der Waals surface area contributed by atoms with E-state index in [9.17, 15) is 18.0 Å². The Kier molecular flexibility index (Phi) is 7.60. The lowest BCUT2D eigenvalue weighted by molar-refractivity contribution is -0.131. The minimum atomic E-state index is -3.41. The van der Waals surface area contributed by atoms with Gasteiger partial charge in [-0.15, -0.1) is 0 Å². The van der Waals surface area contributed by atoms with Crippen LogP contribution in [0, 0.1) is 0 Å². The largest absolute Gasteiger partial charge is 0.335 e. The number of aromatic amines is 1. The van der Waals surface area contributed by atoms with Gasteiger partial charge in [0.05, 0.1) is 24.2 Å². The fourth-order valence-electron chi connectivity index (χ4n) is 4.94. The lowest BCUT2D eigenvalue weighted by Crippen LogP contribution is -2.41. The summed E-state index contributed by atoms with van der Waals surface area (Å²) >= 11 is 0. The number of amides is 1. The number of aryl methyl sites for hydroxylation is 1. The number of nitrogens with one attached hydrogen (secondary N) is 2. The molecule has 0 spiro atoms. The number of likely N-dealkylation sites (tertiary alicyclic amines) is 1. The topological polar surface area (TPSA) is 112 Å². The van der Waals surface area contributed by atoms with Gasteiger partial charge in [-0.25, -0.2) is 13.4 Å². The van der Waals surface area contributed by atoms with Gasteiger partial charge in [-0.2, -0.15) is 0 Å². The Labute approximate surface area is 228 Å². The highest BCUT2D eigenvalue weighted by Gasteiger charge is 2.35. The molecule has 2 N–H and O–H groups in total. The van der Waals surface area contributed by atoms with Gasteiger partial charge < -0.3 is 9.88 Å². The maximum absolute atomic E-state index is 13.3. The maximum atomic E-state index is 13.3. The van der Waals surface area contributed by atoms with Crippen LogP contribution in [0.2, 0.25) is 0 Å². The van der Waals surface area contributed by atoms with Gasteiger partial charge >= 0.3 is 0 Å². The van der Waals surface area contributed by atoms with E-state index >= 15 is 0 Å². The Hall–Kier alpha value is -4.24. The SMILES string of the molecule is CS(=O)(=O)Nc1cccc(-c2cnc(C(=O)[C@@H]3CCCN3C(=O)CCc3ccc(-c4ccccc4)cc3)[nH]2)c1. The summed E-state index contributed by atoms with van der Waals surface area (Å²) in [5.41, 5.74) is 5.05. The summed E-state index contributed by atoms with van der Waals surface area (Å²) in [4.78, 5) is 35.5. The zero-order chi connectivity index (χ0) is 27.4. The van der Waals surface area contributed by atoms with Gasteiger partial charge in [-0.05, 0) is 48.1 Å². The molecule has 0 bridgehead atoms. The Morgan fingerprint density at radius 1 is 0.974 bits per heavy atom. The number of nitrogens with zero attached hydrogens (tertiary/aromatic N) is 2. The lowest BCUT2D eigenvalue weighted by atomic mass is 10.0. The van der Waals surface area contributed by atoms with Crippen LogP contribution in [-0.4, -0.2) is 53.8 Å². The van der Waals surface area contributed by atoms with Crippen LogP contribution in [0.3, 0.4) is 0 Å². The van der Waals surface area contributed by atoms with Gasteiger partial charge in [0, 0.05) is 24.2 Å². The van der Waals surface area contributed by atoms with E-state index in [1.54, 1.807) is 35.4 Å². The molecule has 2 heterocycles. The van der Waals surface area contributed by atoms with Crippen molar-refractivity contribution in [1.29, 1.82) is 0 Å². The fourth-order valence-corrected chi connectivity index (χ4v) is 5.50. The molecule has 0 aliphatic carbocycles. The number of ketones is 1. The summed E-state index contributed by atoms with van der Waals surface area (Å²) in [6.45, 7) is 0.551. The molecule has 1 amide bonds. The van der Waals surface area contributed by atoms with Crippen molar-refractivity contribution in [3.63, 3.8) is 0 Å². The first kappa shape index (κ1) is 26.4. The maximum Gasteiger partial charge on any atom is 0.229 e. The number of benzene rings is 3. The molecule has 3 aromatic carbocycles. The van der Waals surface area contributed by atoms with Gasteiger partial charge in [-0.1, -0.05) is 66.7 Å². The van der Waals surface area contributed by atoms with Crippen LogP contribution in [0.1, 0.15) is 35.4 Å². The molecule has 1 atom stereocenters. The molecule has 0 saturated carbocycles. The molecule has 1 aromatic heterocycles. The van der Waals surface area contributed by atoms with Gasteiger partial charge in [0.15, 0.2) is 5.82 Å². The van der Waals surface area contributed by atoms with Gasteiger partial charge in [0.1, 0.15) is 0 Å². The fraction of sp³-hybridized carbons (Fsp3) is 0.233. The Morgan fingerprint density at radius 2 is 1.69 bits per heavy atom. The highest BCUT2D eigenvalue weighted by molar-refractivity contribution is 7.92. The summed E-state index contributed by atoms with van der Waals surface area (Å²) in [5, 5.41) is 0. The molecule has 1 aliphatic rings. The number of carbonyl (C=O) groups excluding carboxylic acids is 2. The summed E-state index contributed by atoms with van der Waals surface area (Å²) in [7, 11) is -3.41. The first-order chi connectivity index (χ1) is 18.8. The number of H-pyrrole nitrogens is 1. The van der Waals surface area contributed by atoms with Crippen LogP contribution in [0.5, 0.6) is 0 Å². The molecule has 9 heteroatoms. The predicted molar refractivity (Wildman–Crippen MR) is 152 cm³/mol. The molecule has 1 fully saturated rings. The van der Waals surface area contributed by atoms with E-state index in [0.717, 1.165) is 29.4 Å². The Bertz CT molecular complexity index is 1580. The second-order valence-electron chi connectivity index (χ2n) is 9.77. The second kappa shape index (κ2) is 11.2. The summed E-state index contributed by atoms with van der Waals surface area (Å²) < 4.78 is 25.6. The third-order valence-electron chi connectivity index (χ3n) is 6.85. The normalized spacial score (nSPS) is 15.3. The van der Waals surface area contributed by atoms with Gasteiger partial charge in [0.25, 0.3) is 0 Å². The van der Waals surface area contributed by atoms with Crippen molar-refractivity contribution in [2.75, 3.05) is 17.5 Å². The third kappa shape index (κ3) is 6.43. The van der Waals surface area contributed by atoms with E-state index in [1.165, 1.54) is 0 Å². The summed E-state index contributed by atoms with van der Waals surface area (Å²) in [5.74, 6) is -0.0679. The van der Waals surface area contributed by atoms with E-state index < -0.39 is 16.1 Å². The molecule has 39 heavy (non-hydrogen) atoms. The molecule has 1 aliphatic heterocycles. The van der Waals surface area contributed by atoms with Crippen LogP contribution in [0.4, 0.5) is 5.69 Å². The molecule has 0 radical (unpaired) electrons. The smallest absolute Gasteiger partial charge is 0.229 e. The number of imidazole rings is 1. The molecule has 0 unspecified atom stereocenters. The quantitative estimate of drug-likeness (QED) is 0.292. The molecular weight excluding hydrogens is 512 g/mol. The average molecular weight is 543 g/mol. The zero-order valence-electron chi connectivity index (χ0n) is 21.6. The molecule has 5 rings (SSSR count). The van der Waals surface area contributed by atoms with Crippen molar-refractivity contribution in [3.05, 3.63) is 96.4 Å². The van der Waals surface area contributed by atoms with Crippen molar-refractivity contribution in [3.8, 4) is 22.4 Å². The Morgan fingerprint density at radius 3 is 2.44 bits per heavy atom. The van der Waals surface area contributed by atoms with E-state index in [2.05, 4.69) is 39.0 Å². The van der Waals surface area contributed by atoms with Crippen molar-refractivity contribution in [2.24, 2.45) is 0 Å². The number of hydrogen-bond acceptors (Lipinski definition) is 5. The third-order valence-corrected chi connectivity index (χ3v) is 7.46. The van der Waals surface area contributed by atoms with Crippen LogP contribution in [0.15, 0.2) is 85.1 Å². The molecule has 200 valence electrons. The molecular formula is C30H30N4O4S. The van der Waals surface area contributed by atoms with Crippen LogP contribution >= 0.6 is 0 Å². The first-order valence-corrected chi connectivity index (χ1v) is 14.8.